The van der Waals surface area contributed by atoms with Crippen LogP contribution in [0.1, 0.15) is 35.2 Å². The first-order chi connectivity index (χ1) is 9.58. The molecule has 1 fully saturated rings. The highest BCUT2D eigenvalue weighted by atomic mass is 16.6. The lowest BCUT2D eigenvalue weighted by Gasteiger charge is -2.22. The maximum absolute atomic E-state index is 11.9. The highest BCUT2D eigenvalue weighted by Crippen LogP contribution is 2.19. The van der Waals surface area contributed by atoms with Gasteiger partial charge in [-0.25, -0.2) is 4.79 Å². The second-order valence-electron chi connectivity index (χ2n) is 4.84. The van der Waals surface area contributed by atoms with Gasteiger partial charge in [-0.3, -0.25) is 10.1 Å². The van der Waals surface area contributed by atoms with Gasteiger partial charge in [0.05, 0.1) is 16.6 Å². The van der Waals surface area contributed by atoms with E-state index in [2.05, 4.69) is 0 Å². The molecule has 1 aliphatic rings. The molecule has 6 nitrogen and oxygen atoms in total. The smallest absolute Gasteiger partial charge is 0.338 e. The van der Waals surface area contributed by atoms with E-state index in [0.29, 0.717) is 17.7 Å². The van der Waals surface area contributed by atoms with Crippen LogP contribution in [0.15, 0.2) is 18.2 Å². The number of nitro groups is 1. The monoisotopic (exact) mass is 279 g/mol. The highest BCUT2D eigenvalue weighted by Gasteiger charge is 2.18. The number of nitrogens with zero attached hydrogens (tertiary/aromatic N) is 1. The molecule has 0 spiro atoms. The summed E-state index contributed by atoms with van der Waals surface area (Å²) in [5.74, 6) is -0.466. The second-order valence-corrected chi connectivity index (χ2v) is 4.84. The van der Waals surface area contributed by atoms with Gasteiger partial charge in [0.25, 0.3) is 5.69 Å². The van der Waals surface area contributed by atoms with Crippen molar-refractivity contribution in [2.24, 2.45) is 0 Å². The minimum absolute atomic E-state index is 0.0327. The van der Waals surface area contributed by atoms with E-state index in [0.717, 1.165) is 19.3 Å². The number of nitro benzene ring substituents is 1. The maximum Gasteiger partial charge on any atom is 0.338 e. The molecule has 0 aromatic heterocycles. The van der Waals surface area contributed by atoms with Gasteiger partial charge in [-0.05, 0) is 37.8 Å². The van der Waals surface area contributed by atoms with Gasteiger partial charge in [0.15, 0.2) is 0 Å². The Labute approximate surface area is 116 Å². The molecule has 1 saturated heterocycles. The van der Waals surface area contributed by atoms with Crippen LogP contribution in [0.2, 0.25) is 0 Å². The summed E-state index contributed by atoms with van der Waals surface area (Å²) in [6.45, 7) is 2.59. The fourth-order valence-electron chi connectivity index (χ4n) is 2.18. The lowest BCUT2D eigenvalue weighted by molar-refractivity contribution is -0.384. The van der Waals surface area contributed by atoms with Crippen LogP contribution in [0.3, 0.4) is 0 Å². The average Bonchev–Trinajstić information content (AvgIpc) is 2.45. The Morgan fingerprint density at radius 2 is 2.30 bits per heavy atom. The van der Waals surface area contributed by atoms with Gasteiger partial charge in [0, 0.05) is 18.7 Å². The number of ether oxygens (including phenoxy) is 2. The minimum atomic E-state index is -0.488. The zero-order valence-corrected chi connectivity index (χ0v) is 11.3. The van der Waals surface area contributed by atoms with Gasteiger partial charge in [0.2, 0.25) is 0 Å². The van der Waals surface area contributed by atoms with Gasteiger partial charge in [-0.15, -0.1) is 0 Å². The molecule has 0 amide bonds. The summed E-state index contributed by atoms with van der Waals surface area (Å²) in [6, 6.07) is 4.10. The lowest BCUT2D eigenvalue weighted by atomic mass is 10.1. The van der Waals surface area contributed by atoms with Crippen LogP contribution >= 0.6 is 0 Å². The van der Waals surface area contributed by atoms with Crippen molar-refractivity contribution in [2.45, 2.75) is 32.3 Å². The summed E-state index contributed by atoms with van der Waals surface area (Å²) in [5.41, 5.74) is 0.856. The molecular formula is C14H17NO5. The fourth-order valence-corrected chi connectivity index (χ4v) is 2.18. The quantitative estimate of drug-likeness (QED) is 0.481. The number of benzene rings is 1. The third-order valence-corrected chi connectivity index (χ3v) is 3.32. The van der Waals surface area contributed by atoms with E-state index in [1.165, 1.54) is 18.2 Å². The molecule has 1 aromatic rings. The van der Waals surface area contributed by atoms with Crippen molar-refractivity contribution in [1.82, 2.24) is 0 Å². The Hall–Kier alpha value is -1.95. The predicted molar refractivity (Wildman–Crippen MR) is 71.7 cm³/mol. The van der Waals surface area contributed by atoms with Gasteiger partial charge in [-0.2, -0.15) is 0 Å². The molecule has 0 aliphatic carbocycles. The lowest BCUT2D eigenvalue weighted by Crippen LogP contribution is -2.26. The third-order valence-electron chi connectivity index (χ3n) is 3.32. The van der Waals surface area contributed by atoms with Crippen molar-refractivity contribution >= 4 is 11.7 Å². The molecule has 1 aliphatic heterocycles. The van der Waals surface area contributed by atoms with Crippen LogP contribution < -0.4 is 0 Å². The Morgan fingerprint density at radius 1 is 1.50 bits per heavy atom. The molecule has 0 bridgehead atoms. The van der Waals surface area contributed by atoms with Gasteiger partial charge >= 0.3 is 5.97 Å². The van der Waals surface area contributed by atoms with E-state index in [1.807, 2.05) is 0 Å². The molecule has 6 heteroatoms. The normalized spacial score (nSPS) is 18.6. The Bertz CT molecular complexity index is 508. The minimum Gasteiger partial charge on any atom is -0.459 e. The van der Waals surface area contributed by atoms with E-state index in [4.69, 9.17) is 9.47 Å². The molecular weight excluding hydrogens is 262 g/mol. The maximum atomic E-state index is 11.9. The summed E-state index contributed by atoms with van der Waals surface area (Å²) in [5, 5.41) is 10.6. The number of hydrogen-bond donors (Lipinski definition) is 0. The van der Waals surface area contributed by atoms with E-state index >= 15 is 0 Å². The Morgan fingerprint density at radius 3 is 2.90 bits per heavy atom. The number of aryl methyl sites for hydroxylation is 1. The molecule has 0 radical (unpaired) electrons. The molecule has 1 heterocycles. The summed E-state index contributed by atoms with van der Waals surface area (Å²) >= 11 is 0. The summed E-state index contributed by atoms with van der Waals surface area (Å²) in [6.07, 6.45) is 2.99. The third kappa shape index (κ3) is 3.54. The molecule has 0 N–H and O–H groups in total. The largest absolute Gasteiger partial charge is 0.459 e. The van der Waals surface area contributed by atoms with E-state index in [-0.39, 0.29) is 18.4 Å². The number of carbonyl (C=O) groups excluding carboxylic acids is 1. The van der Waals surface area contributed by atoms with Crippen LogP contribution in [-0.2, 0) is 9.47 Å². The number of esters is 1. The van der Waals surface area contributed by atoms with Crippen LogP contribution in [0.25, 0.3) is 0 Å². The molecule has 0 saturated carbocycles. The first kappa shape index (κ1) is 14.5. The van der Waals surface area contributed by atoms with Crippen molar-refractivity contribution < 1.29 is 19.2 Å². The first-order valence-electron chi connectivity index (χ1n) is 6.61. The van der Waals surface area contributed by atoms with Crippen LogP contribution in [-0.4, -0.2) is 30.2 Å². The first-order valence-corrected chi connectivity index (χ1v) is 6.61. The number of non-ortho nitro benzene ring substituents is 1. The van der Waals surface area contributed by atoms with Crippen molar-refractivity contribution in [3.05, 3.63) is 39.4 Å². The predicted octanol–water partition coefficient (Wildman–Crippen LogP) is 2.63. The van der Waals surface area contributed by atoms with Crippen LogP contribution in [0, 0.1) is 17.0 Å². The summed E-state index contributed by atoms with van der Waals surface area (Å²) in [7, 11) is 0. The van der Waals surface area contributed by atoms with Gasteiger partial charge < -0.3 is 9.47 Å². The van der Waals surface area contributed by atoms with Crippen molar-refractivity contribution in [1.29, 1.82) is 0 Å². The van der Waals surface area contributed by atoms with Crippen molar-refractivity contribution in [3.8, 4) is 0 Å². The number of carbonyl (C=O) groups is 1. The van der Waals surface area contributed by atoms with Crippen molar-refractivity contribution in [3.63, 3.8) is 0 Å². The van der Waals surface area contributed by atoms with Crippen LogP contribution in [0.4, 0.5) is 5.69 Å². The molecule has 20 heavy (non-hydrogen) atoms. The molecule has 108 valence electrons. The molecule has 0 unspecified atom stereocenters. The van der Waals surface area contributed by atoms with E-state index in [9.17, 15) is 14.9 Å². The number of rotatable bonds is 4. The topological polar surface area (TPSA) is 78.7 Å². The van der Waals surface area contributed by atoms with Gasteiger partial charge in [0.1, 0.15) is 6.61 Å². The fraction of sp³-hybridized carbons (Fsp3) is 0.500. The zero-order valence-electron chi connectivity index (χ0n) is 11.3. The summed E-state index contributed by atoms with van der Waals surface area (Å²) < 4.78 is 10.7. The Kier molecular flexibility index (Phi) is 4.68. The molecule has 2 rings (SSSR count). The number of hydrogen-bond acceptors (Lipinski definition) is 5. The SMILES string of the molecule is Cc1cc([N+](=O)[O-])ccc1C(=O)OC[C@H]1CCCCO1. The van der Waals surface area contributed by atoms with Gasteiger partial charge in [-0.1, -0.05) is 0 Å². The van der Waals surface area contributed by atoms with Crippen molar-refractivity contribution in [2.75, 3.05) is 13.2 Å². The van der Waals surface area contributed by atoms with Crippen LogP contribution in [0.5, 0.6) is 0 Å². The Balaban J connectivity index is 1.96. The van der Waals surface area contributed by atoms with E-state index in [1.54, 1.807) is 6.92 Å². The van der Waals surface area contributed by atoms with E-state index < -0.39 is 10.9 Å². The molecule has 1 atom stereocenters. The summed E-state index contributed by atoms with van der Waals surface area (Å²) in [4.78, 5) is 22.1. The second kappa shape index (κ2) is 6.47. The zero-order chi connectivity index (χ0) is 14.5. The highest BCUT2D eigenvalue weighted by molar-refractivity contribution is 5.91. The molecule has 1 aromatic carbocycles. The standard InChI is InChI=1S/C14H17NO5/c1-10-8-11(15(17)18)5-6-13(10)14(16)20-9-12-4-2-3-7-19-12/h5-6,8,12H,2-4,7,9H2,1H3/t12-/m1/s1. The average molecular weight is 279 g/mol.